The largest absolute Gasteiger partial charge is 0.508 e. The number of aromatic hydroxyl groups is 2. The number of hydrogen-bond donors (Lipinski definition) is 2. The third kappa shape index (κ3) is 5.51. The maximum atomic E-state index is 11.0. The van der Waals surface area contributed by atoms with Crippen LogP contribution in [0.15, 0.2) is 35.2 Å². The van der Waals surface area contributed by atoms with Crippen molar-refractivity contribution in [2.45, 2.75) is 95.6 Å². The van der Waals surface area contributed by atoms with Crippen LogP contribution in [0.2, 0.25) is 0 Å². The van der Waals surface area contributed by atoms with Gasteiger partial charge in [0.2, 0.25) is 0 Å². The molecule has 0 fully saturated rings. The monoisotopic (exact) mass is 414 g/mol. The fraction of sp³-hybridized carbons (Fsp3) is 0.538. The van der Waals surface area contributed by atoms with Crippen molar-refractivity contribution in [1.29, 1.82) is 0 Å². The van der Waals surface area contributed by atoms with Crippen LogP contribution in [-0.2, 0) is 10.8 Å². The lowest BCUT2D eigenvalue weighted by Gasteiger charge is -2.25. The molecule has 0 aromatic heterocycles. The first-order chi connectivity index (χ1) is 13.3. The van der Waals surface area contributed by atoms with Crippen LogP contribution >= 0.6 is 11.8 Å². The third-order valence-corrected chi connectivity index (χ3v) is 6.92. The number of phenols is 2. The molecule has 29 heavy (non-hydrogen) atoms. The number of rotatable bonds is 5. The van der Waals surface area contributed by atoms with Crippen LogP contribution in [0.1, 0.15) is 102 Å². The summed E-state index contributed by atoms with van der Waals surface area (Å²) in [6.45, 7) is 19.6. The zero-order chi connectivity index (χ0) is 22.1. The molecule has 0 spiro atoms. The average molecular weight is 415 g/mol. The summed E-state index contributed by atoms with van der Waals surface area (Å²) in [5, 5.41) is 21.6. The van der Waals surface area contributed by atoms with Crippen molar-refractivity contribution in [2.24, 2.45) is 0 Å². The van der Waals surface area contributed by atoms with E-state index in [0.717, 1.165) is 22.4 Å². The second-order valence-corrected chi connectivity index (χ2v) is 11.6. The fourth-order valence-corrected chi connectivity index (χ4v) is 4.47. The molecule has 0 saturated heterocycles. The number of benzene rings is 2. The lowest BCUT2D eigenvalue weighted by molar-refractivity contribution is 0.446. The van der Waals surface area contributed by atoms with Crippen LogP contribution in [0.25, 0.3) is 0 Å². The zero-order valence-corrected chi connectivity index (χ0v) is 20.4. The van der Waals surface area contributed by atoms with E-state index in [4.69, 9.17) is 0 Å². The molecule has 0 radical (unpaired) electrons. The van der Waals surface area contributed by atoms with Gasteiger partial charge < -0.3 is 10.2 Å². The van der Waals surface area contributed by atoms with Crippen molar-refractivity contribution in [3.8, 4) is 11.5 Å². The predicted molar refractivity (Wildman–Crippen MR) is 127 cm³/mol. The first kappa shape index (κ1) is 23.7. The van der Waals surface area contributed by atoms with Crippen molar-refractivity contribution in [1.82, 2.24) is 0 Å². The fourth-order valence-electron chi connectivity index (χ4n) is 3.35. The highest BCUT2D eigenvalue weighted by molar-refractivity contribution is 7.99. The van der Waals surface area contributed by atoms with E-state index in [2.05, 4.69) is 80.5 Å². The van der Waals surface area contributed by atoms with Crippen molar-refractivity contribution < 1.29 is 10.2 Å². The van der Waals surface area contributed by atoms with Gasteiger partial charge in [-0.05, 0) is 58.9 Å². The van der Waals surface area contributed by atoms with Crippen LogP contribution < -0.4 is 0 Å². The molecule has 2 aromatic rings. The Morgan fingerprint density at radius 1 is 0.828 bits per heavy atom. The highest BCUT2D eigenvalue weighted by Gasteiger charge is 2.24. The molecule has 0 amide bonds. The smallest absolute Gasteiger partial charge is 0.132 e. The molecule has 2 N–H and O–H groups in total. The van der Waals surface area contributed by atoms with Gasteiger partial charge in [-0.2, -0.15) is 0 Å². The van der Waals surface area contributed by atoms with Gasteiger partial charge in [-0.1, -0.05) is 73.6 Å². The second-order valence-electron chi connectivity index (χ2n) is 10.3. The number of thioether (sulfide) groups is 1. The summed E-state index contributed by atoms with van der Waals surface area (Å²) in [5.74, 6) is 0.992. The normalized spacial score (nSPS) is 14.7. The predicted octanol–water partition coefficient (Wildman–Crippen LogP) is 8.06. The Balaban J connectivity index is 2.51. The van der Waals surface area contributed by atoms with Gasteiger partial charge in [0.25, 0.3) is 0 Å². The Kier molecular flexibility index (Phi) is 7.05. The van der Waals surface area contributed by atoms with E-state index >= 15 is 0 Å². The highest BCUT2D eigenvalue weighted by atomic mass is 32.2. The van der Waals surface area contributed by atoms with E-state index in [1.165, 1.54) is 11.1 Å². The molecule has 2 aromatic carbocycles. The molecule has 3 heteroatoms. The first-order valence-corrected chi connectivity index (χ1v) is 11.5. The van der Waals surface area contributed by atoms with Crippen molar-refractivity contribution >= 4 is 11.8 Å². The van der Waals surface area contributed by atoms with Crippen LogP contribution in [0.5, 0.6) is 11.5 Å². The van der Waals surface area contributed by atoms with Crippen LogP contribution in [0, 0.1) is 0 Å². The minimum Gasteiger partial charge on any atom is -0.508 e. The van der Waals surface area contributed by atoms with Gasteiger partial charge in [-0.3, -0.25) is 0 Å². The summed E-state index contributed by atoms with van der Waals surface area (Å²) in [5.41, 5.74) is 4.38. The molecule has 0 aliphatic heterocycles. The minimum atomic E-state index is 0.00273. The lowest BCUT2D eigenvalue weighted by atomic mass is 9.84. The summed E-state index contributed by atoms with van der Waals surface area (Å²) in [6, 6.07) is 10.2. The Morgan fingerprint density at radius 3 is 1.90 bits per heavy atom. The van der Waals surface area contributed by atoms with Gasteiger partial charge in [0, 0.05) is 10.8 Å². The molecule has 0 bridgehead atoms. The first-order valence-electron chi connectivity index (χ1n) is 10.6. The molecule has 160 valence electrons. The van der Waals surface area contributed by atoms with Crippen LogP contribution in [-0.4, -0.2) is 10.2 Å². The summed E-state index contributed by atoms with van der Waals surface area (Å²) >= 11 is 1.62. The highest BCUT2D eigenvalue weighted by Crippen LogP contribution is 2.47. The Morgan fingerprint density at radius 2 is 1.38 bits per heavy atom. The maximum absolute atomic E-state index is 11.0. The Bertz CT molecular complexity index is 856. The number of phenolic OH excluding ortho intramolecular Hbond substituents is 2. The molecule has 2 rings (SSSR count). The lowest BCUT2D eigenvalue weighted by Crippen LogP contribution is -2.12. The summed E-state index contributed by atoms with van der Waals surface area (Å²) < 4.78 is 0. The van der Waals surface area contributed by atoms with E-state index < -0.39 is 0 Å². The third-order valence-electron chi connectivity index (χ3n) is 5.75. The molecule has 0 aliphatic carbocycles. The van der Waals surface area contributed by atoms with Crippen LogP contribution in [0.3, 0.4) is 0 Å². The molecule has 2 nitrogen and oxygen atoms in total. The average Bonchev–Trinajstić information content (AvgIpc) is 2.61. The zero-order valence-electron chi connectivity index (χ0n) is 19.6. The van der Waals surface area contributed by atoms with Gasteiger partial charge in [-0.25, -0.2) is 0 Å². The van der Waals surface area contributed by atoms with E-state index in [1.807, 2.05) is 6.07 Å². The Labute approximate surface area is 181 Å². The van der Waals surface area contributed by atoms with E-state index in [1.54, 1.807) is 17.8 Å². The molecule has 2 atom stereocenters. The van der Waals surface area contributed by atoms with E-state index in [-0.39, 0.29) is 16.1 Å². The maximum Gasteiger partial charge on any atom is 0.132 e. The standard InChI is InChI=1S/C26H38O2S/c1-10-16(2)20-14-19(26(7,8)9)15-23(24(20)28)29-17(3)21-13-18(25(4,5)6)11-12-22(21)27/h11-17,27-28H,10H2,1-9H3. The molecule has 0 heterocycles. The van der Waals surface area contributed by atoms with Crippen molar-refractivity contribution in [2.75, 3.05) is 0 Å². The van der Waals surface area contributed by atoms with Crippen molar-refractivity contribution in [3.63, 3.8) is 0 Å². The molecular formula is C26H38O2S. The van der Waals surface area contributed by atoms with Gasteiger partial charge in [0.05, 0.1) is 4.90 Å². The SMILES string of the molecule is CCC(C)c1cc(C(C)(C)C)cc(SC(C)c2cc(C(C)(C)C)ccc2O)c1O. The summed E-state index contributed by atoms with van der Waals surface area (Å²) in [7, 11) is 0. The Hall–Kier alpha value is -1.61. The van der Waals surface area contributed by atoms with Crippen molar-refractivity contribution in [3.05, 3.63) is 52.6 Å². The molecule has 2 unspecified atom stereocenters. The van der Waals surface area contributed by atoms with Crippen LogP contribution in [0.4, 0.5) is 0 Å². The van der Waals surface area contributed by atoms with Gasteiger partial charge in [-0.15, -0.1) is 11.8 Å². The second kappa shape index (κ2) is 8.63. The van der Waals surface area contributed by atoms with Gasteiger partial charge >= 0.3 is 0 Å². The summed E-state index contributed by atoms with van der Waals surface area (Å²) in [4.78, 5) is 0.890. The van der Waals surface area contributed by atoms with Gasteiger partial charge in [0.15, 0.2) is 0 Å². The molecular weight excluding hydrogens is 376 g/mol. The van der Waals surface area contributed by atoms with E-state index in [9.17, 15) is 10.2 Å². The molecule has 0 saturated carbocycles. The molecule has 0 aliphatic rings. The topological polar surface area (TPSA) is 40.5 Å². The minimum absolute atomic E-state index is 0.00273. The van der Waals surface area contributed by atoms with E-state index in [0.29, 0.717) is 17.4 Å². The van der Waals surface area contributed by atoms with Gasteiger partial charge in [0.1, 0.15) is 11.5 Å². The number of hydrogen-bond acceptors (Lipinski definition) is 3. The summed E-state index contributed by atoms with van der Waals surface area (Å²) in [6.07, 6.45) is 0.981. The quantitative estimate of drug-likeness (QED) is 0.486.